The zero-order chi connectivity index (χ0) is 14.1. The van der Waals surface area contributed by atoms with Crippen LogP contribution in [-0.4, -0.2) is 35.8 Å². The molecule has 0 radical (unpaired) electrons. The highest BCUT2D eigenvalue weighted by atomic mass is 16.5. The van der Waals surface area contributed by atoms with Crippen molar-refractivity contribution in [3.8, 4) is 5.75 Å². The van der Waals surface area contributed by atoms with Crippen molar-refractivity contribution in [1.82, 2.24) is 4.90 Å². The van der Waals surface area contributed by atoms with Gasteiger partial charge in [-0.1, -0.05) is 18.9 Å². The highest BCUT2D eigenvalue weighted by Crippen LogP contribution is 2.39. The first-order chi connectivity index (χ1) is 9.66. The van der Waals surface area contributed by atoms with Crippen LogP contribution in [0.5, 0.6) is 5.75 Å². The molecule has 3 rings (SSSR count). The maximum absolute atomic E-state index is 10.5. The molecule has 2 aliphatic rings. The summed E-state index contributed by atoms with van der Waals surface area (Å²) in [5, 5.41) is 10.5. The van der Waals surface area contributed by atoms with E-state index in [4.69, 9.17) is 4.74 Å². The highest BCUT2D eigenvalue weighted by molar-refractivity contribution is 5.47. The molecule has 20 heavy (non-hydrogen) atoms. The number of ether oxygens (including phenoxy) is 1. The lowest BCUT2D eigenvalue weighted by Gasteiger charge is -2.39. The average Bonchev–Trinajstić information content (AvgIpc) is 2.68. The summed E-state index contributed by atoms with van der Waals surface area (Å²) in [5.41, 5.74) is 3.68. The molecule has 1 aromatic carbocycles. The third-order valence-electron chi connectivity index (χ3n) is 4.60. The fourth-order valence-corrected chi connectivity index (χ4v) is 3.70. The van der Waals surface area contributed by atoms with Crippen LogP contribution in [0, 0.1) is 13.8 Å². The van der Waals surface area contributed by atoms with Crippen molar-refractivity contribution >= 4 is 0 Å². The smallest absolute Gasteiger partial charge is 0.124 e. The third-order valence-corrected chi connectivity index (χ3v) is 4.60. The molecule has 3 heteroatoms. The Morgan fingerprint density at radius 2 is 1.80 bits per heavy atom. The van der Waals surface area contributed by atoms with Crippen molar-refractivity contribution in [2.45, 2.75) is 51.7 Å². The predicted molar refractivity (Wildman–Crippen MR) is 80.2 cm³/mol. The average molecular weight is 275 g/mol. The van der Waals surface area contributed by atoms with Gasteiger partial charge in [0, 0.05) is 5.56 Å². The van der Waals surface area contributed by atoms with Crippen LogP contribution in [-0.2, 0) is 0 Å². The second-order valence-corrected chi connectivity index (χ2v) is 6.27. The lowest BCUT2D eigenvalue weighted by molar-refractivity contribution is 0.000685. The van der Waals surface area contributed by atoms with E-state index in [2.05, 4.69) is 30.9 Å². The van der Waals surface area contributed by atoms with Gasteiger partial charge in [0.05, 0.1) is 6.04 Å². The lowest BCUT2D eigenvalue weighted by Crippen LogP contribution is -2.43. The molecule has 0 spiro atoms. The van der Waals surface area contributed by atoms with E-state index < -0.39 is 6.10 Å². The van der Waals surface area contributed by atoms with Gasteiger partial charge in [-0.15, -0.1) is 0 Å². The van der Waals surface area contributed by atoms with Crippen LogP contribution in [0.25, 0.3) is 0 Å². The first-order valence-electron chi connectivity index (χ1n) is 7.83. The normalized spacial score (nSPS) is 27.6. The van der Waals surface area contributed by atoms with E-state index in [0.717, 1.165) is 18.8 Å². The maximum atomic E-state index is 10.5. The fraction of sp³-hybridized carbons (Fsp3) is 0.647. The van der Waals surface area contributed by atoms with Gasteiger partial charge >= 0.3 is 0 Å². The van der Waals surface area contributed by atoms with Gasteiger partial charge in [0.2, 0.25) is 0 Å². The molecule has 2 atom stereocenters. The molecule has 0 aliphatic carbocycles. The first kappa shape index (κ1) is 13.9. The summed E-state index contributed by atoms with van der Waals surface area (Å²) in [6.07, 6.45) is 4.70. The van der Waals surface area contributed by atoms with E-state index in [1.807, 2.05) is 0 Å². The van der Waals surface area contributed by atoms with Crippen molar-refractivity contribution in [2.24, 2.45) is 0 Å². The standard InChI is InChI=1S/C17H25NO2/c1-12-9-13(2)16-15(10-12)20-11-14(19)17(16)18-7-5-3-4-6-8-18/h9-10,14,17,19H,3-8,11H2,1-2H3. The van der Waals surface area contributed by atoms with E-state index in [-0.39, 0.29) is 6.04 Å². The van der Waals surface area contributed by atoms with Gasteiger partial charge in [0.1, 0.15) is 18.5 Å². The SMILES string of the molecule is Cc1cc(C)c2c(c1)OCC(O)C2N1CCCCCC1. The topological polar surface area (TPSA) is 32.7 Å². The number of fused-ring (bicyclic) bond motifs is 1. The molecule has 1 saturated heterocycles. The summed E-state index contributed by atoms with van der Waals surface area (Å²) in [4.78, 5) is 2.47. The number of hydrogen-bond donors (Lipinski definition) is 1. The van der Waals surface area contributed by atoms with Gasteiger partial charge in [-0.3, -0.25) is 4.90 Å². The molecule has 1 aromatic rings. The summed E-state index contributed by atoms with van der Waals surface area (Å²) in [6, 6.07) is 4.42. The van der Waals surface area contributed by atoms with Gasteiger partial charge < -0.3 is 9.84 Å². The Bertz CT molecular complexity index is 478. The van der Waals surface area contributed by atoms with Crippen LogP contribution in [0.1, 0.15) is 48.4 Å². The van der Waals surface area contributed by atoms with Crippen LogP contribution in [0.4, 0.5) is 0 Å². The quantitative estimate of drug-likeness (QED) is 0.855. The Kier molecular flexibility index (Phi) is 3.99. The van der Waals surface area contributed by atoms with Crippen LogP contribution in [0.15, 0.2) is 12.1 Å². The van der Waals surface area contributed by atoms with Crippen LogP contribution < -0.4 is 4.74 Å². The van der Waals surface area contributed by atoms with Crippen molar-refractivity contribution in [2.75, 3.05) is 19.7 Å². The zero-order valence-corrected chi connectivity index (χ0v) is 12.6. The minimum atomic E-state index is -0.415. The summed E-state index contributed by atoms with van der Waals surface area (Å²) >= 11 is 0. The number of rotatable bonds is 1. The maximum Gasteiger partial charge on any atom is 0.124 e. The number of aryl methyl sites for hydroxylation is 2. The molecule has 110 valence electrons. The molecule has 2 aliphatic heterocycles. The van der Waals surface area contributed by atoms with Gasteiger partial charge in [0.25, 0.3) is 0 Å². The minimum absolute atomic E-state index is 0.109. The summed E-state index contributed by atoms with van der Waals surface area (Å²) in [7, 11) is 0. The van der Waals surface area contributed by atoms with Crippen molar-refractivity contribution in [3.63, 3.8) is 0 Å². The van der Waals surface area contributed by atoms with Gasteiger partial charge in [0.15, 0.2) is 0 Å². The van der Waals surface area contributed by atoms with Crippen LogP contribution in [0.3, 0.4) is 0 Å². The molecule has 0 aromatic heterocycles. The molecule has 3 nitrogen and oxygen atoms in total. The second kappa shape index (κ2) is 5.74. The zero-order valence-electron chi connectivity index (χ0n) is 12.6. The molecule has 1 N–H and O–H groups in total. The minimum Gasteiger partial charge on any atom is -0.490 e. The number of aliphatic hydroxyl groups excluding tert-OH is 1. The molecule has 2 heterocycles. The molecule has 0 saturated carbocycles. The molecule has 1 fully saturated rings. The number of benzene rings is 1. The lowest BCUT2D eigenvalue weighted by atomic mass is 9.91. The monoisotopic (exact) mass is 275 g/mol. The Labute approximate surface area is 121 Å². The largest absolute Gasteiger partial charge is 0.490 e. The predicted octanol–water partition coefficient (Wildman–Crippen LogP) is 2.97. The summed E-state index contributed by atoms with van der Waals surface area (Å²) in [5.74, 6) is 0.974. The molecule has 0 amide bonds. The third kappa shape index (κ3) is 2.57. The van der Waals surface area contributed by atoms with Crippen molar-refractivity contribution < 1.29 is 9.84 Å². The Morgan fingerprint density at radius 1 is 1.10 bits per heavy atom. The van der Waals surface area contributed by atoms with Crippen molar-refractivity contribution in [3.05, 3.63) is 28.8 Å². The van der Waals surface area contributed by atoms with Crippen LogP contribution in [0.2, 0.25) is 0 Å². The van der Waals surface area contributed by atoms with E-state index in [1.165, 1.54) is 42.4 Å². The molecular weight excluding hydrogens is 250 g/mol. The van der Waals surface area contributed by atoms with E-state index >= 15 is 0 Å². The number of hydrogen-bond acceptors (Lipinski definition) is 3. The van der Waals surface area contributed by atoms with Gasteiger partial charge in [-0.2, -0.15) is 0 Å². The second-order valence-electron chi connectivity index (χ2n) is 6.27. The van der Waals surface area contributed by atoms with Crippen molar-refractivity contribution in [1.29, 1.82) is 0 Å². The number of nitrogens with zero attached hydrogens (tertiary/aromatic N) is 1. The van der Waals surface area contributed by atoms with E-state index in [9.17, 15) is 5.11 Å². The summed E-state index contributed by atoms with van der Waals surface area (Å²) in [6.45, 7) is 6.83. The summed E-state index contributed by atoms with van der Waals surface area (Å²) < 4.78 is 5.77. The van der Waals surface area contributed by atoms with E-state index in [0.29, 0.717) is 6.61 Å². The number of likely N-dealkylation sites (tertiary alicyclic amines) is 1. The highest BCUT2D eigenvalue weighted by Gasteiger charge is 2.35. The fourth-order valence-electron chi connectivity index (χ4n) is 3.70. The first-order valence-corrected chi connectivity index (χ1v) is 7.83. The number of aliphatic hydroxyl groups is 1. The molecular formula is C17H25NO2. The van der Waals surface area contributed by atoms with E-state index in [1.54, 1.807) is 0 Å². The van der Waals surface area contributed by atoms with Gasteiger partial charge in [-0.05, 0) is 57.0 Å². The van der Waals surface area contributed by atoms with Crippen LogP contribution >= 0.6 is 0 Å². The molecule has 0 bridgehead atoms. The Hall–Kier alpha value is -1.06. The Morgan fingerprint density at radius 3 is 2.50 bits per heavy atom. The Balaban J connectivity index is 1.98. The van der Waals surface area contributed by atoms with Gasteiger partial charge in [-0.25, -0.2) is 0 Å². The molecule has 2 unspecified atom stereocenters.